The van der Waals surface area contributed by atoms with Gasteiger partial charge in [0.1, 0.15) is 0 Å². The Morgan fingerprint density at radius 2 is 1.92 bits per heavy atom. The van der Waals surface area contributed by atoms with Gasteiger partial charge in [-0.2, -0.15) is 0 Å². The van der Waals surface area contributed by atoms with Crippen LogP contribution in [0.4, 0.5) is 0 Å². The number of aliphatic carboxylic acids is 1. The van der Waals surface area contributed by atoms with Crippen LogP contribution >= 0.6 is 15.9 Å². The molecule has 0 aromatic carbocycles. The molecule has 12 heavy (non-hydrogen) atoms. The first kappa shape index (κ1) is 11.9. The van der Waals surface area contributed by atoms with Crippen molar-refractivity contribution in [1.29, 1.82) is 0 Å². The van der Waals surface area contributed by atoms with Crippen LogP contribution < -0.4 is 0 Å². The number of carbonyl (C=O) groups is 1. The Labute approximate surface area is 82.5 Å². The van der Waals surface area contributed by atoms with Gasteiger partial charge in [-0.05, 0) is 11.3 Å². The van der Waals surface area contributed by atoms with E-state index in [2.05, 4.69) is 43.6 Å². The summed E-state index contributed by atoms with van der Waals surface area (Å²) in [5.41, 5.74) is 0.0262. The predicted octanol–water partition coefficient (Wildman–Crippen LogP) is 2.91. The van der Waals surface area contributed by atoms with Crippen LogP contribution in [-0.2, 0) is 4.79 Å². The molecule has 0 fully saturated rings. The van der Waals surface area contributed by atoms with Crippen molar-refractivity contribution in [3.63, 3.8) is 0 Å². The first-order valence-electron chi connectivity index (χ1n) is 4.14. The summed E-state index contributed by atoms with van der Waals surface area (Å²) in [5, 5.41) is 8.60. The minimum Gasteiger partial charge on any atom is -0.481 e. The van der Waals surface area contributed by atoms with Crippen molar-refractivity contribution in [2.75, 3.05) is 0 Å². The van der Waals surface area contributed by atoms with E-state index < -0.39 is 5.97 Å². The van der Waals surface area contributed by atoms with Gasteiger partial charge in [0, 0.05) is 4.83 Å². The second-order valence-electron chi connectivity index (χ2n) is 4.04. The Hall–Kier alpha value is -0.0500. The van der Waals surface area contributed by atoms with Crippen molar-refractivity contribution < 1.29 is 9.90 Å². The van der Waals surface area contributed by atoms with Gasteiger partial charge in [0.05, 0.1) is 6.42 Å². The van der Waals surface area contributed by atoms with Gasteiger partial charge in [-0.1, -0.05) is 43.6 Å². The van der Waals surface area contributed by atoms with Crippen LogP contribution in [-0.4, -0.2) is 15.9 Å². The maximum atomic E-state index is 10.4. The molecule has 0 heterocycles. The highest BCUT2D eigenvalue weighted by Gasteiger charge is 2.31. The number of hydrogen-bond acceptors (Lipinski definition) is 1. The van der Waals surface area contributed by atoms with Gasteiger partial charge in [0.15, 0.2) is 0 Å². The molecular formula is C9H17BrO2. The third-order valence-corrected chi connectivity index (χ3v) is 4.15. The van der Waals surface area contributed by atoms with Crippen LogP contribution in [0.25, 0.3) is 0 Å². The van der Waals surface area contributed by atoms with E-state index in [4.69, 9.17) is 5.11 Å². The molecule has 3 heteroatoms. The third-order valence-electron chi connectivity index (χ3n) is 2.65. The van der Waals surface area contributed by atoms with Crippen molar-refractivity contribution in [1.82, 2.24) is 0 Å². The first-order chi connectivity index (χ1) is 5.28. The van der Waals surface area contributed by atoms with E-state index in [1.54, 1.807) is 0 Å². The number of carboxylic acids is 1. The Kier molecular flexibility index (Phi) is 4.24. The van der Waals surface area contributed by atoms with Crippen LogP contribution in [0.3, 0.4) is 0 Å². The average molecular weight is 237 g/mol. The van der Waals surface area contributed by atoms with E-state index in [1.807, 2.05) is 0 Å². The van der Waals surface area contributed by atoms with Crippen molar-refractivity contribution in [2.24, 2.45) is 11.3 Å². The first-order valence-corrected chi connectivity index (χ1v) is 5.06. The van der Waals surface area contributed by atoms with E-state index in [-0.39, 0.29) is 16.7 Å². The summed E-state index contributed by atoms with van der Waals surface area (Å²) in [4.78, 5) is 10.5. The molecule has 1 atom stereocenters. The molecule has 72 valence electrons. The average Bonchev–Trinajstić information content (AvgIpc) is 1.85. The monoisotopic (exact) mass is 236 g/mol. The Morgan fingerprint density at radius 1 is 1.50 bits per heavy atom. The number of hydrogen-bond donors (Lipinski definition) is 1. The van der Waals surface area contributed by atoms with Gasteiger partial charge < -0.3 is 5.11 Å². The molecule has 0 aromatic heterocycles. The summed E-state index contributed by atoms with van der Waals surface area (Å²) in [5.74, 6) is -0.271. The standard InChI is InChI=1S/C9H17BrO2/c1-6(2)9(3,4)7(10)5-8(11)12/h6-7H,5H2,1-4H3,(H,11,12). The van der Waals surface area contributed by atoms with Crippen LogP contribution in [0.2, 0.25) is 0 Å². The van der Waals surface area contributed by atoms with E-state index in [1.165, 1.54) is 0 Å². The zero-order chi connectivity index (χ0) is 9.94. The van der Waals surface area contributed by atoms with Crippen molar-refractivity contribution in [3.05, 3.63) is 0 Å². The second-order valence-corrected chi connectivity index (χ2v) is 5.15. The Balaban J connectivity index is 4.24. The molecule has 0 saturated heterocycles. The highest BCUT2D eigenvalue weighted by atomic mass is 79.9. The molecule has 0 radical (unpaired) electrons. The van der Waals surface area contributed by atoms with Crippen LogP contribution in [0, 0.1) is 11.3 Å². The predicted molar refractivity (Wildman–Crippen MR) is 53.6 cm³/mol. The van der Waals surface area contributed by atoms with Crippen molar-refractivity contribution in [3.8, 4) is 0 Å². The molecule has 0 rings (SSSR count). The van der Waals surface area contributed by atoms with Gasteiger partial charge in [0.25, 0.3) is 0 Å². The molecule has 0 aliphatic carbocycles. The summed E-state index contributed by atoms with van der Waals surface area (Å²) >= 11 is 3.42. The summed E-state index contributed by atoms with van der Waals surface area (Å²) < 4.78 is 0. The number of alkyl halides is 1. The molecule has 1 N–H and O–H groups in total. The molecule has 0 bridgehead atoms. The summed E-state index contributed by atoms with van der Waals surface area (Å²) in [6.07, 6.45) is 0.186. The lowest BCUT2D eigenvalue weighted by molar-refractivity contribution is -0.137. The fourth-order valence-corrected chi connectivity index (χ4v) is 1.58. The third kappa shape index (κ3) is 3.13. The summed E-state index contributed by atoms with van der Waals surface area (Å²) in [6, 6.07) is 0. The number of carboxylic acid groups (broad SMARTS) is 1. The smallest absolute Gasteiger partial charge is 0.304 e. The van der Waals surface area contributed by atoms with Gasteiger partial charge in [-0.25, -0.2) is 0 Å². The van der Waals surface area contributed by atoms with Gasteiger partial charge in [-0.15, -0.1) is 0 Å². The molecule has 0 spiro atoms. The molecule has 0 saturated carbocycles. The van der Waals surface area contributed by atoms with Crippen LogP contribution in [0.5, 0.6) is 0 Å². The van der Waals surface area contributed by atoms with Gasteiger partial charge in [0.2, 0.25) is 0 Å². The highest BCUT2D eigenvalue weighted by molar-refractivity contribution is 9.09. The molecule has 0 amide bonds. The minimum atomic E-state index is -0.745. The fourth-order valence-electron chi connectivity index (χ4n) is 0.778. The maximum Gasteiger partial charge on any atom is 0.304 e. The van der Waals surface area contributed by atoms with Crippen LogP contribution in [0.15, 0.2) is 0 Å². The molecule has 0 aliphatic heterocycles. The zero-order valence-electron chi connectivity index (χ0n) is 8.10. The largest absolute Gasteiger partial charge is 0.481 e. The fraction of sp³-hybridized carbons (Fsp3) is 0.889. The Bertz CT molecular complexity index is 164. The van der Waals surface area contributed by atoms with Crippen molar-refractivity contribution >= 4 is 21.9 Å². The van der Waals surface area contributed by atoms with Crippen LogP contribution in [0.1, 0.15) is 34.1 Å². The maximum absolute atomic E-state index is 10.4. The topological polar surface area (TPSA) is 37.3 Å². The molecule has 0 aliphatic rings. The summed E-state index contributed by atoms with van der Waals surface area (Å²) in [6.45, 7) is 8.38. The lowest BCUT2D eigenvalue weighted by Crippen LogP contribution is -2.31. The van der Waals surface area contributed by atoms with Crippen molar-refractivity contribution in [2.45, 2.75) is 38.9 Å². The number of halogens is 1. The minimum absolute atomic E-state index is 0.0262. The molecule has 2 nitrogen and oxygen atoms in total. The molecule has 0 aromatic rings. The van der Waals surface area contributed by atoms with E-state index in [0.717, 1.165) is 0 Å². The zero-order valence-corrected chi connectivity index (χ0v) is 9.68. The summed E-state index contributed by atoms with van der Waals surface area (Å²) in [7, 11) is 0. The lowest BCUT2D eigenvalue weighted by Gasteiger charge is -2.33. The molecule has 1 unspecified atom stereocenters. The normalized spacial score (nSPS) is 14.8. The van der Waals surface area contributed by atoms with Gasteiger partial charge in [-0.3, -0.25) is 4.79 Å². The van der Waals surface area contributed by atoms with E-state index in [0.29, 0.717) is 5.92 Å². The van der Waals surface area contributed by atoms with Gasteiger partial charge >= 0.3 is 5.97 Å². The Morgan fingerprint density at radius 3 is 2.17 bits per heavy atom. The molecular weight excluding hydrogens is 220 g/mol. The lowest BCUT2D eigenvalue weighted by atomic mass is 9.77. The quantitative estimate of drug-likeness (QED) is 0.763. The van der Waals surface area contributed by atoms with E-state index in [9.17, 15) is 4.79 Å². The SMILES string of the molecule is CC(C)C(C)(C)C(Br)CC(=O)O. The number of rotatable bonds is 4. The highest BCUT2D eigenvalue weighted by Crippen LogP contribution is 2.36. The van der Waals surface area contributed by atoms with E-state index >= 15 is 0 Å². The second kappa shape index (κ2) is 4.26.